The number of rotatable bonds is 2. The maximum atomic E-state index is 11.4. The Morgan fingerprint density at radius 3 is 2.68 bits per heavy atom. The number of hydrogen-bond donors (Lipinski definition) is 2. The van der Waals surface area contributed by atoms with Gasteiger partial charge in [-0.1, -0.05) is 18.2 Å². The lowest BCUT2D eigenvalue weighted by Crippen LogP contribution is -1.99. The van der Waals surface area contributed by atoms with Crippen LogP contribution in [0.4, 0.5) is 0 Å². The van der Waals surface area contributed by atoms with Gasteiger partial charge in [-0.05, 0) is 52.4 Å². The fourth-order valence-corrected chi connectivity index (χ4v) is 2.71. The molecule has 2 aromatic carbocycles. The van der Waals surface area contributed by atoms with Crippen molar-refractivity contribution in [3.8, 4) is 11.1 Å². The van der Waals surface area contributed by atoms with E-state index in [4.69, 9.17) is 0 Å². The van der Waals surface area contributed by atoms with Crippen LogP contribution in [-0.4, -0.2) is 16.1 Å². The molecule has 0 unspecified atom stereocenters. The summed E-state index contributed by atoms with van der Waals surface area (Å²) in [4.78, 5) is 14.5. The molecule has 0 aliphatic carbocycles. The fraction of sp³-hybridized carbons (Fsp3) is 0. The van der Waals surface area contributed by atoms with Crippen LogP contribution < -0.4 is 0 Å². The van der Waals surface area contributed by atoms with Gasteiger partial charge < -0.3 is 10.1 Å². The van der Waals surface area contributed by atoms with Gasteiger partial charge in [0.15, 0.2) is 0 Å². The van der Waals surface area contributed by atoms with Crippen molar-refractivity contribution in [1.29, 1.82) is 0 Å². The fourth-order valence-electron chi connectivity index (χ4n) is 2.22. The average Bonchev–Trinajstić information content (AvgIpc) is 2.82. The second-order valence-corrected chi connectivity index (χ2v) is 5.49. The number of para-hydroxylation sites is 1. The van der Waals surface area contributed by atoms with Gasteiger partial charge in [0.05, 0.1) is 5.56 Å². The number of carbonyl (C=O) groups is 1. The molecular formula is C15H10INO2. The highest BCUT2D eigenvalue weighted by molar-refractivity contribution is 14.1. The number of H-pyrrole nitrogens is 1. The summed E-state index contributed by atoms with van der Waals surface area (Å²) >= 11 is 2.19. The van der Waals surface area contributed by atoms with E-state index >= 15 is 0 Å². The molecule has 0 saturated carbocycles. The molecule has 0 spiro atoms. The van der Waals surface area contributed by atoms with Gasteiger partial charge >= 0.3 is 5.97 Å². The molecule has 94 valence electrons. The molecule has 3 nitrogen and oxygen atoms in total. The van der Waals surface area contributed by atoms with Crippen molar-refractivity contribution in [3.63, 3.8) is 0 Å². The molecule has 0 amide bonds. The molecule has 0 aliphatic rings. The van der Waals surface area contributed by atoms with E-state index in [1.807, 2.05) is 42.6 Å². The molecule has 0 fully saturated rings. The van der Waals surface area contributed by atoms with Crippen molar-refractivity contribution in [2.75, 3.05) is 0 Å². The van der Waals surface area contributed by atoms with Gasteiger partial charge in [-0.25, -0.2) is 4.79 Å². The third kappa shape index (κ3) is 2.12. The zero-order chi connectivity index (χ0) is 13.4. The predicted molar refractivity (Wildman–Crippen MR) is 83.4 cm³/mol. The maximum absolute atomic E-state index is 11.4. The van der Waals surface area contributed by atoms with E-state index in [9.17, 15) is 9.90 Å². The van der Waals surface area contributed by atoms with Crippen molar-refractivity contribution < 1.29 is 9.90 Å². The number of aromatic carboxylic acids is 1. The zero-order valence-corrected chi connectivity index (χ0v) is 12.0. The van der Waals surface area contributed by atoms with Gasteiger partial charge in [0.2, 0.25) is 0 Å². The molecule has 19 heavy (non-hydrogen) atoms. The van der Waals surface area contributed by atoms with E-state index in [-0.39, 0.29) is 0 Å². The van der Waals surface area contributed by atoms with Crippen molar-refractivity contribution >= 4 is 39.5 Å². The van der Waals surface area contributed by atoms with E-state index in [1.54, 1.807) is 6.07 Å². The lowest BCUT2D eigenvalue weighted by atomic mass is 9.99. The van der Waals surface area contributed by atoms with Crippen LogP contribution in [0.5, 0.6) is 0 Å². The summed E-state index contributed by atoms with van der Waals surface area (Å²) in [5.41, 5.74) is 3.00. The molecule has 0 aliphatic heterocycles. The minimum absolute atomic E-state index is 0.324. The summed E-state index contributed by atoms with van der Waals surface area (Å²) in [6.07, 6.45) is 1.86. The van der Waals surface area contributed by atoms with Gasteiger partial charge in [-0.2, -0.15) is 0 Å². The van der Waals surface area contributed by atoms with Crippen molar-refractivity contribution in [2.24, 2.45) is 0 Å². The van der Waals surface area contributed by atoms with Crippen molar-refractivity contribution in [2.45, 2.75) is 0 Å². The lowest BCUT2D eigenvalue weighted by molar-refractivity contribution is 0.0697. The van der Waals surface area contributed by atoms with Crippen LogP contribution >= 0.6 is 22.6 Å². The predicted octanol–water partition coefficient (Wildman–Crippen LogP) is 4.14. The molecule has 3 rings (SSSR count). The van der Waals surface area contributed by atoms with E-state index in [0.717, 1.165) is 25.6 Å². The number of nitrogens with one attached hydrogen (secondary N) is 1. The minimum atomic E-state index is -0.906. The van der Waals surface area contributed by atoms with Crippen LogP contribution in [-0.2, 0) is 0 Å². The third-order valence-electron chi connectivity index (χ3n) is 3.09. The van der Waals surface area contributed by atoms with Crippen molar-refractivity contribution in [1.82, 2.24) is 4.98 Å². The summed E-state index contributed by atoms with van der Waals surface area (Å²) in [7, 11) is 0. The molecule has 0 radical (unpaired) electrons. The number of aromatic nitrogens is 1. The maximum Gasteiger partial charge on any atom is 0.336 e. The highest BCUT2D eigenvalue weighted by Crippen LogP contribution is 2.32. The van der Waals surface area contributed by atoms with Crippen molar-refractivity contribution in [3.05, 3.63) is 57.8 Å². The SMILES string of the molecule is O=C(O)c1ccc(I)cc1-c1c[nH]c2ccccc12. The van der Waals surface area contributed by atoms with E-state index < -0.39 is 5.97 Å². The highest BCUT2D eigenvalue weighted by Gasteiger charge is 2.14. The molecule has 0 atom stereocenters. The van der Waals surface area contributed by atoms with Crippen LogP contribution in [0.2, 0.25) is 0 Å². The number of carboxylic acids is 1. The largest absolute Gasteiger partial charge is 0.478 e. The quantitative estimate of drug-likeness (QED) is 0.673. The Morgan fingerprint density at radius 2 is 1.89 bits per heavy atom. The van der Waals surface area contributed by atoms with Gasteiger partial charge in [-0.15, -0.1) is 0 Å². The number of aromatic amines is 1. The summed E-state index contributed by atoms with van der Waals surface area (Å²) in [5, 5.41) is 10.3. The Morgan fingerprint density at radius 1 is 1.11 bits per heavy atom. The zero-order valence-electron chi connectivity index (χ0n) is 9.85. The highest BCUT2D eigenvalue weighted by atomic mass is 127. The van der Waals surface area contributed by atoms with Gasteiger partial charge in [0.25, 0.3) is 0 Å². The molecule has 3 aromatic rings. The monoisotopic (exact) mass is 363 g/mol. The third-order valence-corrected chi connectivity index (χ3v) is 3.76. The second kappa shape index (κ2) is 4.70. The van der Waals surface area contributed by atoms with Gasteiger partial charge in [-0.3, -0.25) is 0 Å². The van der Waals surface area contributed by atoms with Gasteiger partial charge in [0, 0.05) is 26.2 Å². The van der Waals surface area contributed by atoms with Gasteiger partial charge in [0.1, 0.15) is 0 Å². The first kappa shape index (κ1) is 12.2. The number of hydrogen-bond acceptors (Lipinski definition) is 1. The number of carboxylic acid groups (broad SMARTS) is 1. The standard InChI is InChI=1S/C15H10INO2/c16-9-5-6-11(15(18)19)12(7-9)13-8-17-14-4-2-1-3-10(13)14/h1-8,17H,(H,18,19). The molecule has 1 aromatic heterocycles. The topological polar surface area (TPSA) is 53.1 Å². The number of halogens is 1. The Bertz CT molecular complexity index is 777. The molecule has 1 heterocycles. The van der Waals surface area contributed by atoms with E-state index in [0.29, 0.717) is 5.56 Å². The molecule has 0 bridgehead atoms. The lowest BCUT2D eigenvalue weighted by Gasteiger charge is -2.06. The summed E-state index contributed by atoms with van der Waals surface area (Å²) in [6, 6.07) is 13.2. The second-order valence-electron chi connectivity index (χ2n) is 4.24. The van der Waals surface area contributed by atoms with Crippen LogP contribution in [0, 0.1) is 3.57 Å². The first-order chi connectivity index (χ1) is 9.16. The van der Waals surface area contributed by atoms with Crippen LogP contribution in [0.15, 0.2) is 48.7 Å². The first-order valence-corrected chi connectivity index (χ1v) is 6.84. The number of benzene rings is 2. The first-order valence-electron chi connectivity index (χ1n) is 5.76. The smallest absolute Gasteiger partial charge is 0.336 e. The van der Waals surface area contributed by atoms with Crippen LogP contribution in [0.3, 0.4) is 0 Å². The van der Waals surface area contributed by atoms with E-state index in [1.165, 1.54) is 0 Å². The molecule has 4 heteroatoms. The Kier molecular flexibility index (Phi) is 3.02. The van der Waals surface area contributed by atoms with Crippen LogP contribution in [0.1, 0.15) is 10.4 Å². The summed E-state index contributed by atoms with van der Waals surface area (Å²) < 4.78 is 1.02. The Labute approximate surface area is 123 Å². The molecular weight excluding hydrogens is 353 g/mol. The van der Waals surface area contributed by atoms with Crippen LogP contribution in [0.25, 0.3) is 22.0 Å². The average molecular weight is 363 g/mol. The number of fused-ring (bicyclic) bond motifs is 1. The van der Waals surface area contributed by atoms with E-state index in [2.05, 4.69) is 27.6 Å². The Hall–Kier alpha value is -1.82. The molecule has 2 N–H and O–H groups in total. The normalized spacial score (nSPS) is 10.8. The molecule has 0 saturated heterocycles. The summed E-state index contributed by atoms with van der Waals surface area (Å²) in [6.45, 7) is 0. The summed E-state index contributed by atoms with van der Waals surface area (Å²) in [5.74, 6) is -0.906. The minimum Gasteiger partial charge on any atom is -0.478 e. The Balaban J connectivity index is 2.32.